The highest BCUT2D eigenvalue weighted by atomic mass is 16.3. The molecule has 2 aliphatic heterocycles. The molecule has 0 spiro atoms. The Morgan fingerprint density at radius 1 is 0.444 bits per heavy atom. The molecule has 416 valence electrons. The van der Waals surface area contributed by atoms with Crippen LogP contribution < -0.4 is 31.3 Å². The smallest absolute Gasteiger partial charge is 0.297 e. The average Bonchev–Trinajstić information content (AvgIpc) is 1.67. The van der Waals surface area contributed by atoms with Crippen molar-refractivity contribution in [2.75, 3.05) is 14.7 Å². The van der Waals surface area contributed by atoms with E-state index in [0.29, 0.717) is 11.4 Å². The minimum atomic E-state index is -0.627. The van der Waals surface area contributed by atoms with Crippen molar-refractivity contribution in [3.63, 3.8) is 0 Å². The van der Waals surface area contributed by atoms with Gasteiger partial charge in [0.2, 0.25) is 0 Å². The average molecular weight is 1080 g/mol. The number of furan rings is 1. The molecule has 0 unspecified atom stereocenters. The van der Waals surface area contributed by atoms with Crippen molar-refractivity contribution in [3.05, 3.63) is 178 Å². The van der Waals surface area contributed by atoms with Crippen molar-refractivity contribution in [2.24, 2.45) is 0 Å². The first-order chi connectivity index (χ1) is 42.0. The van der Waals surface area contributed by atoms with Crippen LogP contribution in [0.4, 0.5) is 51.2 Å². The van der Waals surface area contributed by atoms with E-state index in [0.717, 1.165) is 100.0 Å². The van der Waals surface area contributed by atoms with Crippen molar-refractivity contribution >= 4 is 85.5 Å². The van der Waals surface area contributed by atoms with Gasteiger partial charge >= 0.3 is 0 Å². The molecule has 5 aliphatic rings. The van der Waals surface area contributed by atoms with Crippen LogP contribution in [0.5, 0.6) is 0 Å². The van der Waals surface area contributed by atoms with Gasteiger partial charge in [-0.25, -0.2) is 0 Å². The van der Waals surface area contributed by atoms with Gasteiger partial charge < -0.3 is 19.1 Å². The van der Waals surface area contributed by atoms with Gasteiger partial charge in [-0.1, -0.05) is 179 Å². The quantitative estimate of drug-likeness (QED) is 0.160. The number of anilines is 9. The zero-order chi connectivity index (χ0) is 66.2. The molecule has 0 fully saturated rings. The summed E-state index contributed by atoms with van der Waals surface area (Å²) in [5.41, 5.74) is 16.1. The van der Waals surface area contributed by atoms with E-state index in [1.807, 2.05) is 12.1 Å². The maximum absolute atomic E-state index is 9.81. The Hall–Kier alpha value is -6.46. The van der Waals surface area contributed by atoms with E-state index in [4.69, 9.17) is 7.16 Å². The van der Waals surface area contributed by atoms with Crippen LogP contribution in [0.15, 0.2) is 138 Å². The van der Waals surface area contributed by atoms with E-state index in [1.165, 1.54) is 38.3 Å². The van der Waals surface area contributed by atoms with Crippen LogP contribution in [0.2, 0.25) is 0 Å². The Morgan fingerprint density at radius 2 is 0.889 bits per heavy atom. The third kappa shape index (κ3) is 8.41. The number of hydrogen-bond acceptors (Lipinski definition) is 4. The zero-order valence-corrected chi connectivity index (χ0v) is 51.5. The van der Waals surface area contributed by atoms with Crippen LogP contribution >= 0.6 is 0 Å². The molecular weight excluding hydrogens is 982 g/mol. The highest BCUT2D eigenvalue weighted by molar-refractivity contribution is 7.00. The minimum absolute atomic E-state index is 0.117. The second-order valence-corrected chi connectivity index (χ2v) is 30.8. The fraction of sp³-hybridized carbons (Fsp3) is 0.421. The molecule has 0 saturated carbocycles. The SMILES string of the molecule is [2H]c1c([2H])c([2H])c(N(c2cc3c4c(c2)N(c2ccc5c(c2)C(C)(C)CCC5(C)C)c2c(oc5cc6c(cc25)C(C)(C)CCC6(C)C)B4c2cc4c(cc2N3c2cc(C(C)(C)C)cc(C(C)(C)C)c2)C(C)(C)CCC4(C)C)c2c([2H])c([2H])c([2H])c([2H])c2[2H])c([2H])c1[2H]. The van der Waals surface area contributed by atoms with Crippen LogP contribution in [-0.2, 0) is 43.3 Å². The molecule has 0 atom stereocenters. The highest BCUT2D eigenvalue weighted by Gasteiger charge is 2.51. The van der Waals surface area contributed by atoms with Gasteiger partial charge in [0.15, 0.2) is 0 Å². The molecule has 3 heterocycles. The van der Waals surface area contributed by atoms with Gasteiger partial charge in [0, 0.05) is 45.2 Å². The zero-order valence-electron chi connectivity index (χ0n) is 61.5. The molecule has 0 N–H and O–H groups in total. The summed E-state index contributed by atoms with van der Waals surface area (Å²) in [5.74, 6) is 0. The summed E-state index contributed by atoms with van der Waals surface area (Å²) in [5, 5.41) is 0.943. The molecule has 0 amide bonds. The van der Waals surface area contributed by atoms with E-state index in [1.54, 1.807) is 0 Å². The van der Waals surface area contributed by atoms with Crippen LogP contribution in [0.3, 0.4) is 0 Å². The van der Waals surface area contributed by atoms with E-state index in [9.17, 15) is 11.0 Å². The third-order valence-electron chi connectivity index (χ3n) is 20.3. The largest absolute Gasteiger partial charge is 0.468 e. The van der Waals surface area contributed by atoms with Gasteiger partial charge in [-0.2, -0.15) is 0 Å². The Labute approximate surface area is 500 Å². The molecule has 0 bridgehead atoms. The molecule has 8 aromatic rings. The summed E-state index contributed by atoms with van der Waals surface area (Å²) in [6.07, 6.45) is 5.95. The predicted octanol–water partition coefficient (Wildman–Crippen LogP) is 19.6. The first-order valence-corrected chi connectivity index (χ1v) is 29.8. The molecule has 81 heavy (non-hydrogen) atoms. The molecule has 7 aromatic carbocycles. The lowest BCUT2D eigenvalue weighted by Crippen LogP contribution is -2.61. The Kier molecular flexibility index (Phi) is 9.37. The Bertz CT molecular complexity index is 4340. The van der Waals surface area contributed by atoms with Crippen LogP contribution in [-0.4, -0.2) is 6.71 Å². The summed E-state index contributed by atoms with van der Waals surface area (Å²) in [6.45, 7) is 41.0. The normalized spacial score (nSPS) is 21.2. The number of benzene rings is 7. The van der Waals surface area contributed by atoms with Crippen LogP contribution in [0.25, 0.3) is 11.0 Å². The maximum Gasteiger partial charge on any atom is 0.297 e. The van der Waals surface area contributed by atoms with Gasteiger partial charge in [0.25, 0.3) is 6.71 Å². The van der Waals surface area contributed by atoms with Gasteiger partial charge in [0.1, 0.15) is 5.58 Å². The fourth-order valence-electron chi connectivity index (χ4n) is 14.7. The van der Waals surface area contributed by atoms with Gasteiger partial charge in [-0.15, -0.1) is 0 Å². The molecule has 1 aromatic heterocycles. The second kappa shape index (κ2) is 17.5. The number of para-hydroxylation sites is 2. The van der Waals surface area contributed by atoms with Crippen molar-refractivity contribution < 1.29 is 18.1 Å². The second-order valence-electron chi connectivity index (χ2n) is 30.8. The van der Waals surface area contributed by atoms with E-state index in [2.05, 4.69) is 195 Å². The highest BCUT2D eigenvalue weighted by Crippen LogP contribution is 2.56. The summed E-state index contributed by atoms with van der Waals surface area (Å²) < 4.78 is 102. The lowest BCUT2D eigenvalue weighted by Gasteiger charge is -2.47. The molecule has 0 saturated heterocycles. The van der Waals surface area contributed by atoms with Gasteiger partial charge in [0.05, 0.1) is 30.7 Å². The molecule has 4 nitrogen and oxygen atoms in total. The topological polar surface area (TPSA) is 22.9 Å². The van der Waals surface area contributed by atoms with Crippen LogP contribution in [0.1, 0.15) is 221 Å². The van der Waals surface area contributed by atoms with Crippen molar-refractivity contribution in [2.45, 2.75) is 206 Å². The van der Waals surface area contributed by atoms with Gasteiger partial charge in [-0.05, 0) is 216 Å². The molecule has 13 rings (SSSR count). The fourth-order valence-corrected chi connectivity index (χ4v) is 14.7. The van der Waals surface area contributed by atoms with E-state index < -0.39 is 67.1 Å². The lowest BCUT2D eigenvalue weighted by molar-refractivity contribution is 0.332. The Balaban J connectivity index is 1.29. The number of nitrogens with zero attached hydrogens (tertiary/aromatic N) is 3. The maximum atomic E-state index is 9.81. The Morgan fingerprint density at radius 3 is 1.40 bits per heavy atom. The monoisotopic (exact) mass is 1080 g/mol. The van der Waals surface area contributed by atoms with E-state index >= 15 is 0 Å². The van der Waals surface area contributed by atoms with Crippen molar-refractivity contribution in [1.82, 2.24) is 0 Å². The summed E-state index contributed by atoms with van der Waals surface area (Å²) in [7, 11) is 0. The predicted molar refractivity (Wildman–Crippen MR) is 348 cm³/mol. The van der Waals surface area contributed by atoms with E-state index in [-0.39, 0.29) is 60.4 Å². The molecular formula is C76H88BN3O. The third-order valence-corrected chi connectivity index (χ3v) is 20.3. The van der Waals surface area contributed by atoms with Crippen LogP contribution in [0, 0.1) is 0 Å². The summed E-state index contributed by atoms with van der Waals surface area (Å²) in [6, 6.07) is 21.3. The van der Waals surface area contributed by atoms with Crippen molar-refractivity contribution in [1.29, 1.82) is 0 Å². The number of hydrogen-bond donors (Lipinski definition) is 0. The molecule has 0 radical (unpaired) electrons. The summed E-state index contributed by atoms with van der Waals surface area (Å²) in [4.78, 5) is 6.06. The number of rotatable bonds is 5. The van der Waals surface area contributed by atoms with Crippen molar-refractivity contribution in [3.8, 4) is 0 Å². The summed E-state index contributed by atoms with van der Waals surface area (Å²) >= 11 is 0. The minimum Gasteiger partial charge on any atom is -0.468 e. The number of fused-ring (bicyclic) bond motifs is 9. The molecule has 3 aliphatic carbocycles. The first kappa shape index (κ1) is 43.3. The lowest BCUT2D eigenvalue weighted by atomic mass is 9.35. The van der Waals surface area contributed by atoms with Gasteiger partial charge in [-0.3, -0.25) is 0 Å². The standard InChI is InChI=1S/C76H88BN3O/c1-69(2,3)47-37-48(70(4,5)6)39-52(38-47)79-62-45-59-58(74(13,14)34-35-75(59,15)16)44-61(62)77-66-63(79)41-53(78(49-25-21-19-22-26-49)50-27-23-20-24-28-50)42-64(66)80(51-29-30-55-56(40-51)72(9,10)32-31-71(55,7)8)67-54-43-57-60(46-65(54)81-68(67)77)76(17,18)36-33-73(57,11)12/h19-30,37-46H,31-36H2,1-18H3/i19D,20D,21D,22D,23D,24D,25D,26D,27D,28D. The molecule has 5 heteroatoms. The first-order valence-electron chi connectivity index (χ1n) is 34.8.